The Morgan fingerprint density at radius 3 is 2.23 bits per heavy atom. The number of halogens is 2. The number of aliphatic imine (C=N–C) groups is 1. The zero-order valence-corrected chi connectivity index (χ0v) is 32.2. The second kappa shape index (κ2) is 17.6. The van der Waals surface area contributed by atoms with Crippen molar-refractivity contribution in [2.45, 2.75) is 102 Å². The van der Waals surface area contributed by atoms with Crippen LogP contribution >= 0.6 is 27.5 Å². The summed E-state index contributed by atoms with van der Waals surface area (Å²) in [6, 6.07) is 7.09. The molecule has 2 atom stereocenters. The Balaban J connectivity index is 0.00000255. The molecular formula is C38H57BrClN5O3. The fourth-order valence-corrected chi connectivity index (χ4v) is 7.80. The highest BCUT2D eigenvalue weighted by Gasteiger charge is 2.36. The highest BCUT2D eigenvalue weighted by Crippen LogP contribution is 2.40. The Bertz CT molecular complexity index is 1300. The van der Waals surface area contributed by atoms with E-state index in [0.717, 1.165) is 82.8 Å². The van der Waals surface area contributed by atoms with Crippen molar-refractivity contribution in [1.82, 2.24) is 19.6 Å². The number of rotatable bonds is 6. The van der Waals surface area contributed by atoms with Crippen LogP contribution in [0.1, 0.15) is 90.3 Å². The van der Waals surface area contributed by atoms with Crippen molar-refractivity contribution in [2.24, 2.45) is 10.9 Å². The van der Waals surface area contributed by atoms with E-state index in [9.17, 15) is 9.59 Å². The summed E-state index contributed by atoms with van der Waals surface area (Å²) in [4.78, 5) is 40.0. The molecular weight excluding hydrogens is 690 g/mol. The first kappa shape index (κ1) is 38.6. The standard InChI is InChI=1S/C36H53BrClN5O3.C2H4/c1-25-6-7-28-23-29(38)8-9-31(28)34(33(25)39-24-26(2)37)42-16-12-30(13-17-42)40-18-20-41(21-19-40)32(44)22-27-10-14-43(15-11-27)35(45)46-36(3,4)5;1-2/h8-9,23-24,26-27,30,34H,6-7,10-22H2,1-5H3;1-2H2. The maximum Gasteiger partial charge on any atom is 0.410 e. The Labute approximate surface area is 302 Å². The molecule has 0 radical (unpaired) electrons. The highest BCUT2D eigenvalue weighted by molar-refractivity contribution is 9.09. The van der Waals surface area contributed by atoms with Crippen molar-refractivity contribution in [3.63, 3.8) is 0 Å². The molecule has 1 aromatic carbocycles. The van der Waals surface area contributed by atoms with Crippen LogP contribution in [-0.4, -0.2) is 107 Å². The predicted molar refractivity (Wildman–Crippen MR) is 201 cm³/mol. The van der Waals surface area contributed by atoms with Gasteiger partial charge in [0.1, 0.15) is 5.60 Å². The van der Waals surface area contributed by atoms with Crippen molar-refractivity contribution in [3.8, 4) is 0 Å². The molecule has 10 heteroatoms. The molecule has 1 aliphatic carbocycles. The SMILES string of the molecule is C=C.CC1=C(N=CC(C)Br)C(N2CCC(N3CCN(C(=O)CC4CCN(C(=O)OC(C)(C)C)CC4)CC3)CC2)c2ccc(Cl)cc2CC1. The molecule has 3 saturated heterocycles. The third-order valence-corrected chi connectivity index (χ3v) is 10.5. The van der Waals surface area contributed by atoms with Crippen LogP contribution in [0, 0.1) is 5.92 Å². The van der Waals surface area contributed by atoms with E-state index in [1.54, 1.807) is 4.90 Å². The van der Waals surface area contributed by atoms with E-state index in [2.05, 4.69) is 69.8 Å². The number of benzene rings is 1. The number of piperazine rings is 1. The largest absolute Gasteiger partial charge is 0.444 e. The van der Waals surface area contributed by atoms with Gasteiger partial charge in [0.15, 0.2) is 0 Å². The van der Waals surface area contributed by atoms with E-state index < -0.39 is 5.60 Å². The van der Waals surface area contributed by atoms with E-state index in [-0.39, 0.29) is 22.9 Å². The number of hydrogen-bond donors (Lipinski definition) is 0. The quantitative estimate of drug-likeness (QED) is 0.168. The zero-order chi connectivity index (χ0) is 35.0. The second-order valence-electron chi connectivity index (χ2n) is 14.7. The number of piperidine rings is 2. The zero-order valence-electron chi connectivity index (χ0n) is 29.9. The van der Waals surface area contributed by atoms with Crippen LogP contribution in [0.4, 0.5) is 4.79 Å². The monoisotopic (exact) mass is 745 g/mol. The minimum atomic E-state index is -0.486. The van der Waals surface area contributed by atoms with E-state index in [0.29, 0.717) is 31.5 Å². The fraction of sp³-hybridized carbons (Fsp3) is 0.658. The number of carbonyl (C=O) groups is 2. The third-order valence-electron chi connectivity index (χ3n) is 10.1. The highest BCUT2D eigenvalue weighted by atomic mass is 79.9. The van der Waals surface area contributed by atoms with Gasteiger partial charge in [0, 0.05) is 80.9 Å². The second-order valence-corrected chi connectivity index (χ2v) is 16.5. The first-order chi connectivity index (χ1) is 22.9. The molecule has 266 valence electrons. The molecule has 2 unspecified atom stereocenters. The van der Waals surface area contributed by atoms with Crippen LogP contribution in [-0.2, 0) is 16.0 Å². The summed E-state index contributed by atoms with van der Waals surface area (Å²) in [5.41, 5.74) is 4.74. The van der Waals surface area contributed by atoms with Gasteiger partial charge in [0.25, 0.3) is 0 Å². The Morgan fingerprint density at radius 2 is 1.62 bits per heavy atom. The number of aryl methyl sites for hydroxylation is 1. The Kier molecular flexibility index (Phi) is 14.2. The number of hydrogen-bond acceptors (Lipinski definition) is 6. The van der Waals surface area contributed by atoms with E-state index in [1.165, 1.54) is 22.4 Å². The van der Waals surface area contributed by atoms with Gasteiger partial charge in [-0.05, 0) is 108 Å². The molecule has 0 spiro atoms. The van der Waals surface area contributed by atoms with E-state index in [1.807, 2.05) is 33.1 Å². The van der Waals surface area contributed by atoms with Gasteiger partial charge in [-0.2, -0.15) is 0 Å². The van der Waals surface area contributed by atoms with Gasteiger partial charge in [0.2, 0.25) is 5.91 Å². The van der Waals surface area contributed by atoms with Crippen LogP contribution in [0.25, 0.3) is 0 Å². The number of allylic oxidation sites excluding steroid dienone is 1. The number of ether oxygens (including phenoxy) is 1. The number of fused-ring (bicyclic) bond motifs is 1. The van der Waals surface area contributed by atoms with Crippen LogP contribution < -0.4 is 0 Å². The molecule has 3 heterocycles. The number of nitrogens with zero attached hydrogens (tertiary/aromatic N) is 5. The Morgan fingerprint density at radius 1 is 0.979 bits per heavy atom. The topological polar surface area (TPSA) is 68.7 Å². The molecule has 0 bridgehead atoms. The van der Waals surface area contributed by atoms with Crippen LogP contribution in [0.3, 0.4) is 0 Å². The van der Waals surface area contributed by atoms with Crippen LogP contribution in [0.15, 0.2) is 47.6 Å². The van der Waals surface area contributed by atoms with Crippen molar-refractivity contribution in [3.05, 3.63) is 58.8 Å². The summed E-state index contributed by atoms with van der Waals surface area (Å²) < 4.78 is 5.53. The Hall–Kier alpha value is -2.20. The summed E-state index contributed by atoms with van der Waals surface area (Å²) in [6.45, 7) is 22.9. The summed E-state index contributed by atoms with van der Waals surface area (Å²) in [5.74, 6) is 0.605. The van der Waals surface area contributed by atoms with Crippen molar-refractivity contribution >= 4 is 45.7 Å². The van der Waals surface area contributed by atoms with Crippen LogP contribution in [0.2, 0.25) is 5.02 Å². The molecule has 48 heavy (non-hydrogen) atoms. The third kappa shape index (κ3) is 10.4. The predicted octanol–water partition coefficient (Wildman–Crippen LogP) is 7.90. The maximum absolute atomic E-state index is 13.2. The van der Waals surface area contributed by atoms with Gasteiger partial charge in [-0.25, -0.2) is 4.79 Å². The first-order valence-corrected chi connectivity index (χ1v) is 19.1. The summed E-state index contributed by atoms with van der Waals surface area (Å²) in [5, 5.41) is 0.802. The number of likely N-dealkylation sites (tertiary alicyclic amines) is 2. The smallest absolute Gasteiger partial charge is 0.410 e. The fourth-order valence-electron chi connectivity index (χ4n) is 7.49. The molecule has 2 amide bonds. The first-order valence-electron chi connectivity index (χ1n) is 17.8. The summed E-state index contributed by atoms with van der Waals surface area (Å²) >= 11 is 10.1. The average molecular weight is 747 g/mol. The van der Waals surface area contributed by atoms with Gasteiger partial charge in [-0.3, -0.25) is 19.6 Å². The molecule has 0 N–H and O–H groups in total. The molecule has 3 aliphatic heterocycles. The van der Waals surface area contributed by atoms with Gasteiger partial charge in [-0.15, -0.1) is 13.2 Å². The number of carbonyl (C=O) groups excluding carboxylic acids is 2. The molecule has 0 aromatic heterocycles. The lowest BCUT2D eigenvalue weighted by Crippen LogP contribution is -2.54. The van der Waals surface area contributed by atoms with E-state index in [4.69, 9.17) is 21.3 Å². The summed E-state index contributed by atoms with van der Waals surface area (Å²) in [7, 11) is 0. The van der Waals surface area contributed by atoms with Crippen molar-refractivity contribution in [1.29, 1.82) is 0 Å². The van der Waals surface area contributed by atoms with Crippen molar-refractivity contribution in [2.75, 3.05) is 52.4 Å². The maximum atomic E-state index is 13.2. The lowest BCUT2D eigenvalue weighted by molar-refractivity contribution is -0.134. The molecule has 4 aliphatic rings. The van der Waals surface area contributed by atoms with Gasteiger partial charge < -0.3 is 14.5 Å². The minimum absolute atomic E-state index is 0.142. The number of amides is 2. The lowest BCUT2D eigenvalue weighted by Gasteiger charge is -2.45. The summed E-state index contributed by atoms with van der Waals surface area (Å²) in [6.07, 6.45) is 8.31. The van der Waals surface area contributed by atoms with Crippen molar-refractivity contribution < 1.29 is 14.3 Å². The molecule has 5 rings (SSSR count). The lowest BCUT2D eigenvalue weighted by atomic mass is 9.92. The molecule has 3 fully saturated rings. The van der Waals surface area contributed by atoms with Gasteiger partial charge in [0.05, 0.1) is 11.7 Å². The van der Waals surface area contributed by atoms with E-state index >= 15 is 0 Å². The number of alkyl halides is 1. The molecule has 8 nitrogen and oxygen atoms in total. The van der Waals surface area contributed by atoms with Gasteiger partial charge in [-0.1, -0.05) is 33.6 Å². The normalized spacial score (nSPS) is 22.9. The molecule has 0 saturated carbocycles. The van der Waals surface area contributed by atoms with Crippen LogP contribution in [0.5, 0.6) is 0 Å². The average Bonchev–Trinajstić information content (AvgIpc) is 3.19. The molecule has 1 aromatic rings. The minimum Gasteiger partial charge on any atom is -0.444 e. The van der Waals surface area contributed by atoms with Gasteiger partial charge >= 0.3 is 6.09 Å².